The monoisotopic (exact) mass is 369 g/mol. The highest BCUT2D eigenvalue weighted by atomic mass is 19.1. The van der Waals surface area contributed by atoms with E-state index in [-0.39, 0.29) is 36.2 Å². The number of amides is 1. The summed E-state index contributed by atoms with van der Waals surface area (Å²) in [6, 6.07) is 10.8. The van der Waals surface area contributed by atoms with Crippen LogP contribution >= 0.6 is 0 Å². The molecular weight excluding hydrogens is 349 g/mol. The van der Waals surface area contributed by atoms with Crippen molar-refractivity contribution in [1.82, 2.24) is 9.97 Å². The Morgan fingerprint density at radius 3 is 2.52 bits per heavy atom. The number of carbonyl (C=O) groups excluding carboxylic acids is 1. The van der Waals surface area contributed by atoms with E-state index >= 15 is 0 Å². The second-order valence-electron chi connectivity index (χ2n) is 5.60. The summed E-state index contributed by atoms with van der Waals surface area (Å²) in [7, 11) is 0. The summed E-state index contributed by atoms with van der Waals surface area (Å²) in [6.45, 7) is 1.83. The molecule has 3 aromatic rings. The molecule has 0 aliphatic carbocycles. The number of halogens is 1. The van der Waals surface area contributed by atoms with Gasteiger partial charge in [-0.2, -0.15) is 4.98 Å². The number of anilines is 4. The number of phenolic OH excluding ortho intramolecular Hbond substituents is 1. The number of primary amides is 1. The number of benzene rings is 2. The number of hydrogen-bond donors (Lipinski definition) is 4. The Morgan fingerprint density at radius 2 is 1.85 bits per heavy atom. The van der Waals surface area contributed by atoms with Gasteiger partial charge in [0.05, 0.1) is 5.69 Å². The minimum absolute atomic E-state index is 0. The fourth-order valence-corrected chi connectivity index (χ4v) is 2.25. The Hall–Kier alpha value is -3.68. The van der Waals surface area contributed by atoms with Crippen LogP contribution in [0.15, 0.2) is 48.7 Å². The zero-order valence-electron chi connectivity index (χ0n) is 13.8. The first-order valence-corrected chi connectivity index (χ1v) is 7.68. The van der Waals surface area contributed by atoms with Crippen molar-refractivity contribution in [3.8, 4) is 5.75 Å². The van der Waals surface area contributed by atoms with Crippen LogP contribution < -0.4 is 16.4 Å². The molecule has 0 atom stereocenters. The average molecular weight is 369 g/mol. The lowest BCUT2D eigenvalue weighted by Crippen LogP contribution is -2.15. The summed E-state index contributed by atoms with van der Waals surface area (Å²) in [6.07, 6.45) is 1.26. The van der Waals surface area contributed by atoms with Crippen molar-refractivity contribution < 1.29 is 14.3 Å². The smallest absolute Gasteiger partial charge is 0.254 e. The second-order valence-corrected chi connectivity index (χ2v) is 5.60. The number of aryl methyl sites for hydroxylation is 1. The van der Waals surface area contributed by atoms with Crippen LogP contribution in [0.4, 0.5) is 27.5 Å². The third-order valence-electron chi connectivity index (χ3n) is 3.55. The number of aromatic nitrogens is 2. The molecule has 1 aromatic heterocycles. The molecular formula is C19H20FN5O2. The average Bonchev–Trinajstić information content (AvgIpc) is 2.60. The molecule has 0 radical (unpaired) electrons. The van der Waals surface area contributed by atoms with E-state index in [4.69, 9.17) is 5.73 Å². The number of phenols is 1. The molecule has 0 saturated heterocycles. The van der Waals surface area contributed by atoms with Crippen molar-refractivity contribution in [3.05, 3.63) is 65.6 Å². The maximum Gasteiger partial charge on any atom is 0.254 e. The number of carbonyl (C=O) groups is 1. The van der Waals surface area contributed by atoms with E-state index in [1.807, 2.05) is 6.92 Å². The Labute approximate surface area is 156 Å². The molecule has 3 rings (SSSR count). The van der Waals surface area contributed by atoms with Gasteiger partial charge in [-0.1, -0.05) is 13.5 Å². The minimum atomic E-state index is -0.709. The van der Waals surface area contributed by atoms with Crippen molar-refractivity contribution >= 4 is 29.0 Å². The third kappa shape index (κ3) is 4.69. The summed E-state index contributed by atoms with van der Waals surface area (Å²) >= 11 is 0. The first kappa shape index (κ1) is 19.6. The third-order valence-corrected chi connectivity index (χ3v) is 3.55. The molecule has 7 nitrogen and oxygen atoms in total. The Kier molecular flexibility index (Phi) is 5.92. The van der Waals surface area contributed by atoms with Gasteiger partial charge in [0.1, 0.15) is 22.9 Å². The predicted octanol–water partition coefficient (Wildman–Crippen LogP) is 3.85. The van der Waals surface area contributed by atoms with E-state index in [1.165, 1.54) is 24.4 Å². The van der Waals surface area contributed by atoms with Gasteiger partial charge in [-0.3, -0.25) is 4.79 Å². The lowest BCUT2D eigenvalue weighted by molar-refractivity contribution is 0.100. The first-order valence-electron chi connectivity index (χ1n) is 7.68. The number of nitrogens with one attached hydrogen (secondary N) is 2. The van der Waals surface area contributed by atoms with Gasteiger partial charge < -0.3 is 21.5 Å². The van der Waals surface area contributed by atoms with Gasteiger partial charge in [-0.05, 0) is 48.9 Å². The highest BCUT2D eigenvalue weighted by Crippen LogP contribution is 2.24. The highest BCUT2D eigenvalue weighted by Gasteiger charge is 2.13. The lowest BCUT2D eigenvalue weighted by atomic mass is 10.2. The molecule has 140 valence electrons. The summed E-state index contributed by atoms with van der Waals surface area (Å²) < 4.78 is 13.9. The van der Waals surface area contributed by atoms with Gasteiger partial charge in [0.15, 0.2) is 0 Å². The highest BCUT2D eigenvalue weighted by molar-refractivity contribution is 5.98. The SMILES string of the molecule is C.Cc1ccc(F)c(Nc2ncc(C(N)=O)c(Nc3ccc(O)cc3)n2)c1. The van der Waals surface area contributed by atoms with E-state index in [9.17, 15) is 14.3 Å². The Balaban J connectivity index is 0.00000261. The number of aromatic hydroxyl groups is 1. The molecule has 0 spiro atoms. The van der Waals surface area contributed by atoms with Crippen LogP contribution in [0.3, 0.4) is 0 Å². The molecule has 0 saturated carbocycles. The van der Waals surface area contributed by atoms with Gasteiger partial charge in [-0.25, -0.2) is 9.37 Å². The van der Waals surface area contributed by atoms with Gasteiger partial charge in [-0.15, -0.1) is 0 Å². The van der Waals surface area contributed by atoms with Gasteiger partial charge in [0.25, 0.3) is 5.91 Å². The van der Waals surface area contributed by atoms with Crippen LogP contribution in [-0.4, -0.2) is 21.0 Å². The van der Waals surface area contributed by atoms with E-state index < -0.39 is 11.7 Å². The zero-order chi connectivity index (χ0) is 18.7. The molecule has 0 unspecified atom stereocenters. The quantitative estimate of drug-likeness (QED) is 0.508. The maximum atomic E-state index is 13.9. The second kappa shape index (κ2) is 8.13. The molecule has 8 heteroatoms. The number of nitrogens with zero attached hydrogens (tertiary/aromatic N) is 2. The summed E-state index contributed by atoms with van der Waals surface area (Å²) in [5.74, 6) is -0.800. The van der Waals surface area contributed by atoms with Crippen molar-refractivity contribution in [2.45, 2.75) is 14.4 Å². The fraction of sp³-hybridized carbons (Fsp3) is 0.105. The number of nitrogens with two attached hydrogens (primary N) is 1. The summed E-state index contributed by atoms with van der Waals surface area (Å²) in [5, 5.41) is 15.1. The minimum Gasteiger partial charge on any atom is -0.508 e. The summed E-state index contributed by atoms with van der Waals surface area (Å²) in [5.41, 5.74) is 7.10. The van der Waals surface area contributed by atoms with Gasteiger partial charge in [0, 0.05) is 11.9 Å². The van der Waals surface area contributed by atoms with Crippen LogP contribution in [0.25, 0.3) is 0 Å². The standard InChI is InChI=1S/C18H16FN5O2.CH4/c1-10-2-7-14(19)15(8-10)23-18-21-9-13(16(20)26)17(24-18)22-11-3-5-12(25)6-4-11;/h2-9,25H,1H3,(H2,20,26)(H2,21,22,23,24);1H4. The van der Waals surface area contributed by atoms with Crippen molar-refractivity contribution in [2.75, 3.05) is 10.6 Å². The first-order chi connectivity index (χ1) is 12.4. The molecule has 2 aromatic carbocycles. The molecule has 0 fully saturated rings. The molecule has 0 bridgehead atoms. The maximum absolute atomic E-state index is 13.9. The van der Waals surface area contributed by atoms with Crippen molar-refractivity contribution in [1.29, 1.82) is 0 Å². The fourth-order valence-electron chi connectivity index (χ4n) is 2.25. The normalized spacial score (nSPS) is 10.0. The van der Waals surface area contributed by atoms with Gasteiger partial charge in [0.2, 0.25) is 5.95 Å². The molecule has 1 heterocycles. The summed E-state index contributed by atoms with van der Waals surface area (Å²) in [4.78, 5) is 19.8. The van der Waals surface area contributed by atoms with E-state index in [0.717, 1.165) is 5.56 Å². The molecule has 0 aliphatic heterocycles. The topological polar surface area (TPSA) is 113 Å². The number of hydrogen-bond acceptors (Lipinski definition) is 6. The lowest BCUT2D eigenvalue weighted by Gasteiger charge is -2.12. The van der Waals surface area contributed by atoms with Gasteiger partial charge >= 0.3 is 0 Å². The van der Waals surface area contributed by atoms with Crippen LogP contribution in [0, 0.1) is 12.7 Å². The number of rotatable bonds is 5. The van der Waals surface area contributed by atoms with E-state index in [2.05, 4.69) is 20.6 Å². The molecule has 5 N–H and O–H groups in total. The van der Waals surface area contributed by atoms with Crippen molar-refractivity contribution in [3.63, 3.8) is 0 Å². The molecule has 27 heavy (non-hydrogen) atoms. The largest absolute Gasteiger partial charge is 0.508 e. The van der Waals surface area contributed by atoms with E-state index in [1.54, 1.807) is 24.3 Å². The van der Waals surface area contributed by atoms with Crippen molar-refractivity contribution in [2.24, 2.45) is 5.73 Å². The zero-order valence-corrected chi connectivity index (χ0v) is 13.8. The Morgan fingerprint density at radius 1 is 1.15 bits per heavy atom. The molecule has 1 amide bonds. The molecule has 0 aliphatic rings. The Bertz CT molecular complexity index is 961. The van der Waals surface area contributed by atoms with E-state index in [0.29, 0.717) is 5.69 Å². The predicted molar refractivity (Wildman–Crippen MR) is 103 cm³/mol. The van der Waals surface area contributed by atoms with Crippen LogP contribution in [0.1, 0.15) is 23.3 Å². The van der Waals surface area contributed by atoms with Crippen LogP contribution in [0.5, 0.6) is 5.75 Å². The van der Waals surface area contributed by atoms with Crippen LogP contribution in [0.2, 0.25) is 0 Å². The van der Waals surface area contributed by atoms with Crippen LogP contribution in [-0.2, 0) is 0 Å².